The van der Waals surface area contributed by atoms with Gasteiger partial charge in [-0.15, -0.1) is 0 Å². The molecule has 0 bridgehead atoms. The lowest BCUT2D eigenvalue weighted by Gasteiger charge is -2.19. The largest absolute Gasteiger partial charge is 0.337 e. The molecule has 0 saturated carbocycles. The number of amides is 1. The van der Waals surface area contributed by atoms with Crippen LogP contribution in [0.3, 0.4) is 0 Å². The summed E-state index contributed by atoms with van der Waals surface area (Å²) in [5.74, 6) is -0.268. The molecule has 4 nitrogen and oxygen atoms in total. The van der Waals surface area contributed by atoms with Crippen molar-refractivity contribution in [2.45, 2.75) is 13.5 Å². The second kappa shape index (κ2) is 6.62. The maximum Gasteiger partial charge on any atom is 0.254 e. The molecule has 0 unspecified atom stereocenters. The summed E-state index contributed by atoms with van der Waals surface area (Å²) in [6, 6.07) is 14.8. The Bertz CT molecular complexity index is 913. The quantitative estimate of drug-likeness (QED) is 0.689. The first-order chi connectivity index (χ1) is 11.6. The number of pyridine rings is 1. The van der Waals surface area contributed by atoms with Crippen molar-refractivity contribution in [3.05, 3.63) is 77.6 Å². The molecule has 0 N–H and O–H groups in total. The molecular formula is C20H18N2O2. The third kappa shape index (κ3) is 3.04. The van der Waals surface area contributed by atoms with Gasteiger partial charge in [0.05, 0.1) is 5.56 Å². The molecule has 4 heteroatoms. The monoisotopic (exact) mass is 318 g/mol. The fourth-order valence-corrected chi connectivity index (χ4v) is 2.84. The standard InChI is InChI=1S/C20H18N2O2/c1-14(23)17-8-3-4-9-19(17)20(24)22(2)13-16-7-5-6-15-12-21-11-10-18(15)16/h3-12H,13H2,1-2H3. The predicted octanol–water partition coefficient (Wildman–Crippen LogP) is 3.71. The minimum atomic E-state index is -0.160. The molecule has 0 aliphatic heterocycles. The van der Waals surface area contributed by atoms with Gasteiger partial charge < -0.3 is 4.90 Å². The minimum absolute atomic E-state index is 0.108. The van der Waals surface area contributed by atoms with Gasteiger partial charge >= 0.3 is 0 Å². The van der Waals surface area contributed by atoms with Crippen LogP contribution in [0.4, 0.5) is 0 Å². The van der Waals surface area contributed by atoms with Crippen LogP contribution >= 0.6 is 0 Å². The maximum atomic E-state index is 12.8. The molecule has 0 aliphatic rings. The number of nitrogens with zero attached hydrogens (tertiary/aromatic N) is 2. The lowest BCUT2D eigenvalue weighted by molar-refractivity contribution is 0.0780. The smallest absolute Gasteiger partial charge is 0.254 e. The third-order valence-electron chi connectivity index (χ3n) is 4.06. The highest BCUT2D eigenvalue weighted by Gasteiger charge is 2.18. The highest BCUT2D eigenvalue weighted by Crippen LogP contribution is 2.20. The zero-order valence-corrected chi connectivity index (χ0v) is 13.7. The van der Waals surface area contributed by atoms with Crippen LogP contribution in [0.25, 0.3) is 10.8 Å². The second-order valence-corrected chi connectivity index (χ2v) is 5.78. The van der Waals surface area contributed by atoms with Crippen molar-refractivity contribution < 1.29 is 9.59 Å². The van der Waals surface area contributed by atoms with Crippen LogP contribution in [0, 0.1) is 0 Å². The van der Waals surface area contributed by atoms with Crippen LogP contribution in [-0.4, -0.2) is 28.6 Å². The van der Waals surface area contributed by atoms with Gasteiger partial charge in [0.15, 0.2) is 5.78 Å². The van der Waals surface area contributed by atoms with Gasteiger partial charge in [-0.25, -0.2) is 0 Å². The number of carbonyl (C=O) groups excluding carboxylic acids is 2. The van der Waals surface area contributed by atoms with Gasteiger partial charge in [0, 0.05) is 36.9 Å². The Morgan fingerprint density at radius 1 is 1.00 bits per heavy atom. The zero-order chi connectivity index (χ0) is 17.1. The van der Waals surface area contributed by atoms with E-state index in [4.69, 9.17) is 0 Å². The molecule has 1 heterocycles. The molecule has 24 heavy (non-hydrogen) atoms. The van der Waals surface area contributed by atoms with E-state index in [0.29, 0.717) is 17.7 Å². The fraction of sp³-hybridized carbons (Fsp3) is 0.150. The molecule has 120 valence electrons. The molecule has 0 fully saturated rings. The van der Waals surface area contributed by atoms with Gasteiger partial charge in [-0.1, -0.05) is 36.4 Å². The van der Waals surface area contributed by atoms with E-state index in [2.05, 4.69) is 4.98 Å². The number of rotatable bonds is 4. The molecule has 0 spiro atoms. The molecule has 0 saturated heterocycles. The first-order valence-corrected chi connectivity index (χ1v) is 7.75. The lowest BCUT2D eigenvalue weighted by Crippen LogP contribution is -2.27. The van der Waals surface area contributed by atoms with E-state index in [1.807, 2.05) is 30.5 Å². The van der Waals surface area contributed by atoms with Gasteiger partial charge in [-0.3, -0.25) is 14.6 Å². The number of benzene rings is 2. The van der Waals surface area contributed by atoms with E-state index < -0.39 is 0 Å². The van der Waals surface area contributed by atoms with Crippen LogP contribution in [0.5, 0.6) is 0 Å². The number of fused-ring (bicyclic) bond motifs is 1. The van der Waals surface area contributed by atoms with Crippen molar-refractivity contribution >= 4 is 22.5 Å². The van der Waals surface area contributed by atoms with Crippen molar-refractivity contribution in [2.75, 3.05) is 7.05 Å². The maximum absolute atomic E-state index is 12.8. The van der Waals surface area contributed by atoms with Crippen LogP contribution in [0.15, 0.2) is 60.9 Å². The molecule has 1 amide bonds. The number of aromatic nitrogens is 1. The molecule has 0 atom stereocenters. The highest BCUT2D eigenvalue weighted by atomic mass is 16.2. The van der Waals surface area contributed by atoms with Gasteiger partial charge in [-0.2, -0.15) is 0 Å². The number of ketones is 1. The summed E-state index contributed by atoms with van der Waals surface area (Å²) in [4.78, 5) is 30.3. The van der Waals surface area contributed by atoms with Crippen molar-refractivity contribution in [2.24, 2.45) is 0 Å². The number of hydrogen-bond acceptors (Lipinski definition) is 3. The molecule has 2 aromatic carbocycles. The Kier molecular flexibility index (Phi) is 4.38. The van der Waals surface area contributed by atoms with Crippen LogP contribution in [0.1, 0.15) is 33.2 Å². The Morgan fingerprint density at radius 3 is 2.50 bits per heavy atom. The van der Waals surface area contributed by atoms with Gasteiger partial charge in [0.1, 0.15) is 0 Å². The topological polar surface area (TPSA) is 50.3 Å². The van der Waals surface area contributed by atoms with Crippen molar-refractivity contribution in [3.63, 3.8) is 0 Å². The summed E-state index contributed by atoms with van der Waals surface area (Å²) in [6.07, 6.45) is 3.56. The summed E-state index contributed by atoms with van der Waals surface area (Å²) in [5.41, 5.74) is 1.94. The summed E-state index contributed by atoms with van der Waals surface area (Å²) in [6.45, 7) is 1.94. The van der Waals surface area contributed by atoms with E-state index in [1.165, 1.54) is 6.92 Å². The third-order valence-corrected chi connectivity index (χ3v) is 4.06. The fourth-order valence-electron chi connectivity index (χ4n) is 2.84. The number of Topliss-reactive ketones (excluding diaryl/α,β-unsaturated/α-hetero) is 1. The van der Waals surface area contributed by atoms with E-state index in [1.54, 1.807) is 42.4 Å². The van der Waals surface area contributed by atoms with Crippen molar-refractivity contribution in [3.8, 4) is 0 Å². The molecular weight excluding hydrogens is 300 g/mol. The van der Waals surface area contributed by atoms with Crippen LogP contribution in [-0.2, 0) is 6.54 Å². The van der Waals surface area contributed by atoms with E-state index >= 15 is 0 Å². The van der Waals surface area contributed by atoms with Gasteiger partial charge in [-0.05, 0) is 30.0 Å². The lowest BCUT2D eigenvalue weighted by atomic mass is 10.0. The Labute approximate surface area is 140 Å². The summed E-state index contributed by atoms with van der Waals surface area (Å²) in [7, 11) is 1.75. The van der Waals surface area contributed by atoms with E-state index in [9.17, 15) is 9.59 Å². The second-order valence-electron chi connectivity index (χ2n) is 5.78. The number of carbonyl (C=O) groups is 2. The highest BCUT2D eigenvalue weighted by molar-refractivity contribution is 6.07. The minimum Gasteiger partial charge on any atom is -0.337 e. The van der Waals surface area contributed by atoms with E-state index in [-0.39, 0.29) is 11.7 Å². The van der Waals surface area contributed by atoms with Crippen molar-refractivity contribution in [1.82, 2.24) is 9.88 Å². The number of hydrogen-bond donors (Lipinski definition) is 0. The normalized spacial score (nSPS) is 10.6. The SMILES string of the molecule is CC(=O)c1ccccc1C(=O)N(C)Cc1cccc2cnccc12. The molecule has 1 aromatic heterocycles. The predicted molar refractivity (Wildman–Crippen MR) is 94.0 cm³/mol. The average molecular weight is 318 g/mol. The Morgan fingerprint density at radius 2 is 1.75 bits per heavy atom. The Hall–Kier alpha value is -3.01. The summed E-state index contributed by atoms with van der Waals surface area (Å²) in [5, 5.41) is 2.12. The molecule has 3 rings (SSSR count). The average Bonchev–Trinajstić information content (AvgIpc) is 2.61. The zero-order valence-electron chi connectivity index (χ0n) is 13.7. The Balaban J connectivity index is 1.91. The van der Waals surface area contributed by atoms with Crippen molar-refractivity contribution in [1.29, 1.82) is 0 Å². The van der Waals surface area contributed by atoms with Gasteiger partial charge in [0.25, 0.3) is 5.91 Å². The first kappa shape index (κ1) is 15.9. The van der Waals surface area contributed by atoms with Crippen LogP contribution < -0.4 is 0 Å². The van der Waals surface area contributed by atoms with Crippen LogP contribution in [0.2, 0.25) is 0 Å². The molecule has 3 aromatic rings. The van der Waals surface area contributed by atoms with E-state index in [0.717, 1.165) is 16.3 Å². The van der Waals surface area contributed by atoms with Gasteiger partial charge in [0.2, 0.25) is 0 Å². The summed E-state index contributed by atoms with van der Waals surface area (Å²) < 4.78 is 0. The summed E-state index contributed by atoms with van der Waals surface area (Å²) >= 11 is 0. The molecule has 0 aliphatic carbocycles. The molecule has 0 radical (unpaired) electrons. The first-order valence-electron chi connectivity index (χ1n) is 7.75.